The van der Waals surface area contributed by atoms with Crippen LogP contribution in [0.2, 0.25) is 0 Å². The lowest BCUT2D eigenvalue weighted by atomic mass is 10.2. The molecule has 0 spiro atoms. The lowest BCUT2D eigenvalue weighted by Crippen LogP contribution is -2.20. The number of nitrogens with one attached hydrogen (secondary N) is 1. The number of nitro benzene ring substituents is 1. The van der Waals surface area contributed by atoms with Crippen LogP contribution in [0.5, 0.6) is 11.5 Å². The van der Waals surface area contributed by atoms with Gasteiger partial charge < -0.3 is 19.9 Å². The molecule has 9 heteroatoms. The summed E-state index contributed by atoms with van der Waals surface area (Å²) in [5, 5.41) is 22.7. The molecule has 0 atom stereocenters. The normalized spacial score (nSPS) is 10.4. The number of anilines is 1. The molecule has 27 heavy (non-hydrogen) atoms. The molecule has 0 aliphatic carbocycles. The SMILES string of the molecule is COc1cc(C=CC(=O)OCC(=O)Nc2ccccc2[N+](=O)[O-])ccc1O. The Morgan fingerprint density at radius 2 is 2.00 bits per heavy atom. The molecule has 0 aromatic heterocycles. The Balaban J connectivity index is 1.90. The first-order valence-electron chi connectivity index (χ1n) is 7.66. The van der Waals surface area contributed by atoms with Gasteiger partial charge in [-0.3, -0.25) is 14.9 Å². The van der Waals surface area contributed by atoms with Gasteiger partial charge in [0.25, 0.3) is 11.6 Å². The summed E-state index contributed by atoms with van der Waals surface area (Å²) in [7, 11) is 1.40. The zero-order valence-electron chi connectivity index (χ0n) is 14.2. The second-order valence-corrected chi connectivity index (χ2v) is 5.19. The predicted octanol–water partition coefficient (Wildman–Crippen LogP) is 2.50. The third kappa shape index (κ3) is 5.56. The number of carbonyl (C=O) groups excluding carboxylic acids is 2. The number of phenols is 1. The molecular formula is C18H16N2O7. The lowest BCUT2D eigenvalue weighted by Gasteiger charge is -2.06. The van der Waals surface area contributed by atoms with Crippen molar-refractivity contribution in [3.63, 3.8) is 0 Å². The number of esters is 1. The van der Waals surface area contributed by atoms with Gasteiger partial charge in [0.2, 0.25) is 0 Å². The van der Waals surface area contributed by atoms with E-state index in [0.29, 0.717) is 5.56 Å². The van der Waals surface area contributed by atoms with Crippen molar-refractivity contribution in [2.24, 2.45) is 0 Å². The van der Waals surface area contributed by atoms with Crippen LogP contribution in [0.25, 0.3) is 6.08 Å². The molecule has 2 N–H and O–H groups in total. The van der Waals surface area contributed by atoms with Crippen LogP contribution >= 0.6 is 0 Å². The monoisotopic (exact) mass is 372 g/mol. The van der Waals surface area contributed by atoms with E-state index in [4.69, 9.17) is 9.47 Å². The average Bonchev–Trinajstić information content (AvgIpc) is 2.66. The number of phenolic OH excluding ortho intramolecular Hbond substituents is 1. The number of nitro groups is 1. The lowest BCUT2D eigenvalue weighted by molar-refractivity contribution is -0.383. The Kier molecular flexibility index (Phi) is 6.48. The minimum absolute atomic E-state index is 0.00952. The molecule has 0 aliphatic heterocycles. The van der Waals surface area contributed by atoms with Gasteiger partial charge in [-0.25, -0.2) is 4.79 Å². The second-order valence-electron chi connectivity index (χ2n) is 5.19. The largest absolute Gasteiger partial charge is 0.504 e. The summed E-state index contributed by atoms with van der Waals surface area (Å²) in [6.45, 7) is -0.603. The number of aromatic hydroxyl groups is 1. The topological polar surface area (TPSA) is 128 Å². The van der Waals surface area contributed by atoms with E-state index in [1.165, 1.54) is 49.6 Å². The van der Waals surface area contributed by atoms with Gasteiger partial charge in [-0.05, 0) is 29.8 Å². The van der Waals surface area contributed by atoms with Gasteiger partial charge in [-0.1, -0.05) is 18.2 Å². The molecule has 0 saturated carbocycles. The van der Waals surface area contributed by atoms with Crippen LogP contribution in [0.3, 0.4) is 0 Å². The maximum atomic E-state index is 11.8. The maximum Gasteiger partial charge on any atom is 0.331 e. The number of methoxy groups -OCH3 is 1. The van der Waals surface area contributed by atoms with Crippen molar-refractivity contribution in [3.8, 4) is 11.5 Å². The smallest absolute Gasteiger partial charge is 0.331 e. The first kappa shape index (κ1) is 19.4. The third-order valence-electron chi connectivity index (χ3n) is 3.34. The summed E-state index contributed by atoms with van der Waals surface area (Å²) in [6.07, 6.45) is 2.52. The minimum Gasteiger partial charge on any atom is -0.504 e. The van der Waals surface area contributed by atoms with Crippen molar-refractivity contribution in [1.82, 2.24) is 0 Å². The number of ether oxygens (including phenoxy) is 2. The standard InChI is InChI=1S/C18H16N2O7/c1-26-16-10-12(6-8-15(16)21)7-9-18(23)27-11-17(22)19-13-4-2-3-5-14(13)20(24)25/h2-10,21H,11H2,1H3,(H,19,22). The second kappa shape index (κ2) is 8.99. The van der Waals surface area contributed by atoms with Gasteiger partial charge >= 0.3 is 5.97 Å². The molecule has 0 saturated heterocycles. The van der Waals surface area contributed by atoms with Gasteiger partial charge in [0.05, 0.1) is 12.0 Å². The first-order chi connectivity index (χ1) is 12.9. The fourth-order valence-electron chi connectivity index (χ4n) is 2.07. The molecule has 0 aliphatic rings. The molecular weight excluding hydrogens is 356 g/mol. The van der Waals surface area contributed by atoms with Crippen LogP contribution in [0.1, 0.15) is 5.56 Å². The molecule has 2 aromatic carbocycles. The van der Waals surface area contributed by atoms with E-state index in [9.17, 15) is 24.8 Å². The van der Waals surface area contributed by atoms with Gasteiger partial charge in [0.15, 0.2) is 18.1 Å². The van der Waals surface area contributed by atoms with E-state index in [0.717, 1.165) is 6.08 Å². The van der Waals surface area contributed by atoms with Crippen molar-refractivity contribution < 1.29 is 29.1 Å². The molecule has 1 amide bonds. The number of hydrogen-bond acceptors (Lipinski definition) is 7. The highest BCUT2D eigenvalue weighted by molar-refractivity contribution is 5.96. The molecule has 2 aromatic rings. The molecule has 0 heterocycles. The third-order valence-corrected chi connectivity index (χ3v) is 3.34. The Morgan fingerprint density at radius 3 is 2.70 bits per heavy atom. The zero-order chi connectivity index (χ0) is 19.8. The molecule has 2 rings (SSSR count). The van der Waals surface area contributed by atoms with Crippen LogP contribution < -0.4 is 10.1 Å². The van der Waals surface area contributed by atoms with Gasteiger partial charge in [0.1, 0.15) is 5.69 Å². The Bertz CT molecular complexity index is 893. The summed E-state index contributed by atoms with van der Waals surface area (Å²) < 4.78 is 9.74. The average molecular weight is 372 g/mol. The number of hydrogen-bond donors (Lipinski definition) is 2. The van der Waals surface area contributed by atoms with Crippen LogP contribution in [-0.2, 0) is 14.3 Å². The first-order valence-corrected chi connectivity index (χ1v) is 7.66. The zero-order valence-corrected chi connectivity index (χ0v) is 14.2. The summed E-state index contributed by atoms with van der Waals surface area (Å²) in [6, 6.07) is 10.1. The van der Waals surface area contributed by atoms with Crippen molar-refractivity contribution in [3.05, 3.63) is 64.2 Å². The molecule has 0 fully saturated rings. The summed E-state index contributed by atoms with van der Waals surface area (Å²) in [4.78, 5) is 33.8. The molecule has 0 bridgehead atoms. The van der Waals surface area contributed by atoms with Gasteiger partial charge in [0, 0.05) is 12.1 Å². The van der Waals surface area contributed by atoms with Gasteiger partial charge in [-0.15, -0.1) is 0 Å². The van der Waals surface area contributed by atoms with Crippen LogP contribution in [0.15, 0.2) is 48.5 Å². The highest BCUT2D eigenvalue weighted by Gasteiger charge is 2.15. The minimum atomic E-state index is -0.778. The molecule has 0 unspecified atom stereocenters. The van der Waals surface area contributed by atoms with E-state index in [-0.39, 0.29) is 22.9 Å². The van der Waals surface area contributed by atoms with E-state index in [1.54, 1.807) is 6.07 Å². The number of para-hydroxylation sites is 2. The Hall–Kier alpha value is -3.88. The van der Waals surface area contributed by atoms with Crippen molar-refractivity contribution in [1.29, 1.82) is 0 Å². The van der Waals surface area contributed by atoms with Crippen molar-refractivity contribution in [2.45, 2.75) is 0 Å². The number of carbonyl (C=O) groups is 2. The molecule has 140 valence electrons. The van der Waals surface area contributed by atoms with Crippen molar-refractivity contribution >= 4 is 29.3 Å². The van der Waals surface area contributed by atoms with Gasteiger partial charge in [-0.2, -0.15) is 0 Å². The summed E-state index contributed by atoms with van der Waals surface area (Å²) in [5.74, 6) is -1.28. The number of nitrogens with zero attached hydrogens (tertiary/aromatic N) is 1. The van der Waals surface area contributed by atoms with E-state index < -0.39 is 23.4 Å². The van der Waals surface area contributed by atoms with E-state index in [2.05, 4.69) is 5.32 Å². The van der Waals surface area contributed by atoms with Crippen LogP contribution in [0.4, 0.5) is 11.4 Å². The number of benzene rings is 2. The van der Waals surface area contributed by atoms with E-state index >= 15 is 0 Å². The number of rotatable bonds is 7. The Labute approximate surface area is 154 Å². The summed E-state index contributed by atoms with van der Waals surface area (Å²) in [5.41, 5.74) is 0.319. The van der Waals surface area contributed by atoms with Crippen LogP contribution in [-0.4, -0.2) is 35.6 Å². The quantitative estimate of drug-likeness (QED) is 0.331. The van der Waals surface area contributed by atoms with Crippen molar-refractivity contribution in [2.75, 3.05) is 19.0 Å². The fourth-order valence-corrected chi connectivity index (χ4v) is 2.07. The number of amides is 1. The summed E-state index contributed by atoms with van der Waals surface area (Å²) >= 11 is 0. The Morgan fingerprint density at radius 1 is 1.26 bits per heavy atom. The van der Waals surface area contributed by atoms with E-state index in [1.807, 2.05) is 0 Å². The maximum absolute atomic E-state index is 11.8. The highest BCUT2D eigenvalue weighted by atomic mass is 16.6. The predicted molar refractivity (Wildman–Crippen MR) is 96.4 cm³/mol. The fraction of sp³-hybridized carbons (Fsp3) is 0.111. The van der Waals surface area contributed by atoms with Crippen LogP contribution in [0, 0.1) is 10.1 Å². The molecule has 0 radical (unpaired) electrons. The highest BCUT2D eigenvalue weighted by Crippen LogP contribution is 2.26. The molecule has 9 nitrogen and oxygen atoms in total.